The van der Waals surface area contributed by atoms with Crippen molar-refractivity contribution in [1.29, 1.82) is 0 Å². The zero-order chi connectivity index (χ0) is 15.4. The Labute approximate surface area is 127 Å². The minimum Gasteiger partial charge on any atom is -0.435 e. The van der Waals surface area contributed by atoms with Gasteiger partial charge in [0.15, 0.2) is 18.1 Å². The lowest BCUT2D eigenvalue weighted by atomic mass is 10.3. The van der Waals surface area contributed by atoms with Gasteiger partial charge in [0.25, 0.3) is 0 Å². The Hall–Kier alpha value is -0.249. The van der Waals surface area contributed by atoms with Crippen LogP contribution >= 0.6 is 0 Å². The van der Waals surface area contributed by atoms with E-state index in [0.29, 0.717) is 6.42 Å². The number of hydrogen-bond acceptors (Lipinski definition) is 3. The summed E-state index contributed by atoms with van der Waals surface area (Å²) in [5.74, 6) is 0. The average molecular weight is 329 g/mol. The highest BCUT2D eigenvalue weighted by Gasteiger charge is 2.55. The second-order valence-electron chi connectivity index (χ2n) is 5.94. The summed E-state index contributed by atoms with van der Waals surface area (Å²) in [6.45, 7) is 12.4. The van der Waals surface area contributed by atoms with Crippen molar-refractivity contribution in [2.45, 2.75) is 51.7 Å². The molecule has 0 spiro atoms. The van der Waals surface area contributed by atoms with Crippen LogP contribution in [0, 0.1) is 0 Å². The van der Waals surface area contributed by atoms with Gasteiger partial charge in [-0.1, -0.05) is 37.3 Å². The fourth-order valence-corrected chi connectivity index (χ4v) is 13.2. The van der Waals surface area contributed by atoms with Crippen molar-refractivity contribution in [3.63, 3.8) is 0 Å². The highest BCUT2D eigenvalue weighted by Crippen LogP contribution is 2.28. The van der Waals surface area contributed by atoms with Gasteiger partial charge in [-0.05, 0) is 44.7 Å². The topological polar surface area (TPSA) is 38.7 Å². The Kier molecular flexibility index (Phi) is 6.36. The van der Waals surface area contributed by atoms with Gasteiger partial charge < -0.3 is 13.3 Å². The van der Waals surface area contributed by atoms with Crippen LogP contribution in [0.5, 0.6) is 0 Å². The van der Waals surface area contributed by atoms with Gasteiger partial charge >= 0.3 is 8.56 Å². The summed E-state index contributed by atoms with van der Waals surface area (Å²) in [5.41, 5.74) is 0. The molecule has 0 saturated carbocycles. The van der Waals surface area contributed by atoms with E-state index in [1.807, 2.05) is 44.2 Å². The molecule has 0 aliphatic carbocycles. The van der Waals surface area contributed by atoms with Gasteiger partial charge in [-0.15, -0.1) is 0 Å². The van der Waals surface area contributed by atoms with E-state index >= 15 is 0 Å². The molecule has 20 heavy (non-hydrogen) atoms. The summed E-state index contributed by atoms with van der Waals surface area (Å²) in [6, 6.07) is 10.1. The van der Waals surface area contributed by atoms with Gasteiger partial charge in [0.2, 0.25) is 0 Å². The molecule has 0 aromatic heterocycles. The van der Waals surface area contributed by atoms with Crippen molar-refractivity contribution in [2.24, 2.45) is 0 Å². The van der Waals surface area contributed by atoms with Crippen molar-refractivity contribution >= 4 is 31.8 Å². The minimum atomic E-state index is -2.85. The molecule has 0 amide bonds. The third kappa shape index (κ3) is 3.90. The second kappa shape index (κ2) is 7.15. The SMILES string of the molecule is CC[C@](C)(O)[Si](O[SiH](C)C)(O[SiH](C)C)c1ccccc1. The third-order valence-electron chi connectivity index (χ3n) is 3.35. The minimum absolute atomic E-state index is 0.635. The largest absolute Gasteiger partial charge is 0.435 e. The lowest BCUT2D eigenvalue weighted by Gasteiger charge is -2.44. The lowest BCUT2D eigenvalue weighted by molar-refractivity contribution is 0.0939. The quantitative estimate of drug-likeness (QED) is 0.779. The van der Waals surface area contributed by atoms with Crippen LogP contribution in [0.3, 0.4) is 0 Å². The Morgan fingerprint density at radius 1 is 1.05 bits per heavy atom. The zero-order valence-electron chi connectivity index (χ0n) is 13.5. The summed E-state index contributed by atoms with van der Waals surface area (Å²) in [5, 5.41) is 11.2. The van der Waals surface area contributed by atoms with Gasteiger partial charge in [-0.2, -0.15) is 0 Å². The second-order valence-corrected chi connectivity index (χ2v) is 14.9. The van der Waals surface area contributed by atoms with Crippen LogP contribution < -0.4 is 5.19 Å². The monoisotopic (exact) mass is 328 g/mol. The normalized spacial score (nSPS) is 15.7. The van der Waals surface area contributed by atoms with Crippen molar-refractivity contribution in [3.05, 3.63) is 30.3 Å². The first-order valence-electron chi connectivity index (χ1n) is 7.38. The summed E-state index contributed by atoms with van der Waals surface area (Å²) in [7, 11) is -5.52. The van der Waals surface area contributed by atoms with Gasteiger partial charge in [0.1, 0.15) is 5.22 Å². The maximum atomic E-state index is 11.0. The predicted octanol–water partition coefficient (Wildman–Crippen LogP) is 2.04. The van der Waals surface area contributed by atoms with Crippen LogP contribution in [-0.2, 0) is 8.23 Å². The van der Waals surface area contributed by atoms with Crippen LogP contribution in [0.1, 0.15) is 20.3 Å². The lowest BCUT2D eigenvalue weighted by Crippen LogP contribution is -2.71. The van der Waals surface area contributed by atoms with Crippen molar-refractivity contribution in [3.8, 4) is 0 Å². The van der Waals surface area contributed by atoms with Crippen LogP contribution in [-0.4, -0.2) is 37.0 Å². The van der Waals surface area contributed by atoms with Gasteiger partial charge in [-0.25, -0.2) is 0 Å². The molecule has 6 heteroatoms. The van der Waals surface area contributed by atoms with Gasteiger partial charge in [0, 0.05) is 0 Å². The van der Waals surface area contributed by atoms with Crippen LogP contribution in [0.2, 0.25) is 26.2 Å². The Morgan fingerprint density at radius 3 is 1.85 bits per heavy atom. The molecule has 0 saturated heterocycles. The van der Waals surface area contributed by atoms with Crippen LogP contribution in [0.4, 0.5) is 0 Å². The average Bonchev–Trinajstić information content (AvgIpc) is 2.37. The van der Waals surface area contributed by atoms with E-state index in [1.54, 1.807) is 0 Å². The van der Waals surface area contributed by atoms with E-state index in [9.17, 15) is 5.11 Å². The molecular weight excluding hydrogens is 300 g/mol. The first-order chi connectivity index (χ1) is 9.25. The maximum Gasteiger partial charge on any atom is 0.384 e. The number of hydrogen-bond donors (Lipinski definition) is 1. The first kappa shape index (κ1) is 17.8. The smallest absolute Gasteiger partial charge is 0.384 e. The Bertz CT molecular complexity index is 397. The summed E-state index contributed by atoms with van der Waals surface area (Å²) >= 11 is 0. The van der Waals surface area contributed by atoms with Crippen molar-refractivity contribution in [1.82, 2.24) is 0 Å². The van der Waals surface area contributed by atoms with Crippen LogP contribution in [0.25, 0.3) is 0 Å². The van der Waals surface area contributed by atoms with Gasteiger partial charge in [-0.3, -0.25) is 0 Å². The van der Waals surface area contributed by atoms with E-state index in [2.05, 4.69) is 26.2 Å². The molecule has 3 nitrogen and oxygen atoms in total. The van der Waals surface area contributed by atoms with E-state index in [4.69, 9.17) is 8.23 Å². The molecule has 0 bridgehead atoms. The third-order valence-corrected chi connectivity index (χ3v) is 12.6. The Balaban J connectivity index is 3.41. The van der Waals surface area contributed by atoms with E-state index in [0.717, 1.165) is 5.19 Å². The molecule has 0 unspecified atom stereocenters. The molecule has 114 valence electrons. The summed E-state index contributed by atoms with van der Waals surface area (Å²) in [4.78, 5) is 0. The van der Waals surface area contributed by atoms with Gasteiger partial charge in [0.05, 0.1) is 0 Å². The summed E-state index contributed by atoms with van der Waals surface area (Å²) < 4.78 is 12.9. The molecular formula is C14H28O3Si3. The highest BCUT2D eigenvalue weighted by molar-refractivity contribution is 6.91. The molecule has 0 aliphatic heterocycles. The molecule has 1 aromatic carbocycles. The van der Waals surface area contributed by atoms with Crippen molar-refractivity contribution in [2.75, 3.05) is 0 Å². The molecule has 0 fully saturated rings. The molecule has 1 aromatic rings. The van der Waals surface area contributed by atoms with Crippen molar-refractivity contribution < 1.29 is 13.3 Å². The van der Waals surface area contributed by atoms with E-state index in [1.165, 1.54) is 0 Å². The van der Waals surface area contributed by atoms with E-state index < -0.39 is 31.9 Å². The molecule has 0 radical (unpaired) electrons. The Morgan fingerprint density at radius 2 is 1.50 bits per heavy atom. The van der Waals surface area contributed by atoms with Crippen LogP contribution in [0.15, 0.2) is 30.3 Å². The molecule has 1 rings (SSSR count). The fourth-order valence-electron chi connectivity index (χ4n) is 2.28. The summed E-state index contributed by atoms with van der Waals surface area (Å²) in [6.07, 6.45) is 0.635. The maximum absolute atomic E-state index is 11.0. The zero-order valence-corrected chi connectivity index (χ0v) is 16.8. The highest BCUT2D eigenvalue weighted by atomic mass is 28.5. The fraction of sp³-hybridized carbons (Fsp3) is 0.571. The standard InChI is InChI=1S/C14H28O3Si3/c1-7-14(2,15)20(16-18(3)4,17-19(5)6)13-11-9-8-10-12-13/h8-12,15,18-19H,7H2,1-6H3/t14-/m1/s1. The number of aliphatic hydroxyl groups is 1. The molecule has 1 atom stereocenters. The number of rotatable bonds is 7. The molecule has 1 N–H and O–H groups in total. The predicted molar refractivity (Wildman–Crippen MR) is 92.7 cm³/mol. The molecule has 0 heterocycles. The number of benzene rings is 1. The van der Waals surface area contributed by atoms with E-state index in [-0.39, 0.29) is 0 Å². The first-order valence-corrected chi connectivity index (χ1v) is 14.8. The molecule has 0 aliphatic rings.